The van der Waals surface area contributed by atoms with Crippen LogP contribution < -0.4 is 15.4 Å². The van der Waals surface area contributed by atoms with E-state index in [9.17, 15) is 14.4 Å². The van der Waals surface area contributed by atoms with Crippen LogP contribution in [0.4, 0.5) is 0 Å². The third kappa shape index (κ3) is 4.04. The summed E-state index contributed by atoms with van der Waals surface area (Å²) >= 11 is 8.04. The fourth-order valence-electron chi connectivity index (χ4n) is 2.19. The van der Waals surface area contributed by atoms with Crippen molar-refractivity contribution >= 4 is 57.1 Å². The molecule has 1 fully saturated rings. The summed E-state index contributed by atoms with van der Waals surface area (Å²) in [7, 11) is 0. The summed E-state index contributed by atoms with van der Waals surface area (Å²) in [5.41, 5.74) is 0.945. The van der Waals surface area contributed by atoms with Crippen LogP contribution in [0.5, 0.6) is 5.75 Å². The summed E-state index contributed by atoms with van der Waals surface area (Å²) in [6.07, 6.45) is 1.42. The van der Waals surface area contributed by atoms with E-state index in [1.807, 2.05) is 0 Å². The van der Waals surface area contributed by atoms with Crippen LogP contribution in [0.1, 0.15) is 15.9 Å². The van der Waals surface area contributed by atoms with Gasteiger partial charge in [-0.15, -0.1) is 0 Å². The van der Waals surface area contributed by atoms with Gasteiger partial charge in [0.05, 0.1) is 5.56 Å². The highest BCUT2D eigenvalue weighted by Gasteiger charge is 2.25. The minimum Gasteiger partial charge on any atom is -0.423 e. The van der Waals surface area contributed by atoms with Crippen LogP contribution in [-0.2, 0) is 9.59 Å². The van der Waals surface area contributed by atoms with Crippen LogP contribution in [0.15, 0.2) is 58.6 Å². The Labute approximate surface area is 162 Å². The molecule has 0 radical (unpaired) electrons. The first-order valence-electron chi connectivity index (χ1n) is 7.39. The van der Waals surface area contributed by atoms with Gasteiger partial charge in [0.2, 0.25) is 0 Å². The normalized spacial score (nSPS) is 13.7. The Balaban J connectivity index is 1.75. The van der Waals surface area contributed by atoms with E-state index < -0.39 is 17.8 Å². The lowest BCUT2D eigenvalue weighted by Gasteiger charge is -2.16. The lowest BCUT2D eigenvalue weighted by molar-refractivity contribution is -0.123. The van der Waals surface area contributed by atoms with Crippen molar-refractivity contribution in [3.8, 4) is 5.75 Å². The van der Waals surface area contributed by atoms with Crippen molar-refractivity contribution in [1.29, 1.82) is 0 Å². The zero-order valence-corrected chi connectivity index (χ0v) is 15.5. The second-order valence-electron chi connectivity index (χ2n) is 5.23. The van der Waals surface area contributed by atoms with Gasteiger partial charge in [0.15, 0.2) is 5.11 Å². The molecule has 1 heterocycles. The van der Waals surface area contributed by atoms with Crippen LogP contribution in [0, 0.1) is 0 Å². The predicted octanol–water partition coefficient (Wildman–Crippen LogP) is 2.58. The molecule has 0 unspecified atom stereocenters. The number of amides is 2. The number of thiocarbonyl (C=S) groups is 1. The Morgan fingerprint density at radius 3 is 2.23 bits per heavy atom. The number of esters is 1. The summed E-state index contributed by atoms with van der Waals surface area (Å²) < 4.78 is 5.95. The zero-order chi connectivity index (χ0) is 18.7. The average molecular weight is 431 g/mol. The first kappa shape index (κ1) is 18.0. The van der Waals surface area contributed by atoms with Gasteiger partial charge in [0, 0.05) is 4.47 Å². The fourth-order valence-corrected chi connectivity index (χ4v) is 2.83. The Morgan fingerprint density at radius 2 is 1.62 bits per heavy atom. The molecule has 2 aromatic carbocycles. The molecule has 130 valence electrons. The number of ether oxygens (including phenoxy) is 1. The molecule has 2 amide bonds. The van der Waals surface area contributed by atoms with E-state index in [0.29, 0.717) is 21.3 Å². The first-order valence-corrected chi connectivity index (χ1v) is 8.59. The van der Waals surface area contributed by atoms with Crippen LogP contribution in [0.2, 0.25) is 0 Å². The molecule has 1 saturated heterocycles. The number of carbonyl (C=O) groups is 3. The maximum atomic E-state index is 12.2. The fraction of sp³-hybridized carbons (Fsp3) is 0. The highest BCUT2D eigenvalue weighted by molar-refractivity contribution is 9.10. The van der Waals surface area contributed by atoms with Crippen LogP contribution in [0.3, 0.4) is 0 Å². The van der Waals surface area contributed by atoms with Crippen molar-refractivity contribution < 1.29 is 19.1 Å². The monoisotopic (exact) mass is 430 g/mol. The molecule has 6 nitrogen and oxygen atoms in total. The predicted molar refractivity (Wildman–Crippen MR) is 102 cm³/mol. The summed E-state index contributed by atoms with van der Waals surface area (Å²) in [4.78, 5) is 35.8. The second-order valence-corrected chi connectivity index (χ2v) is 6.50. The van der Waals surface area contributed by atoms with E-state index in [1.165, 1.54) is 6.08 Å². The molecule has 26 heavy (non-hydrogen) atoms. The number of nitrogens with one attached hydrogen (secondary N) is 2. The maximum Gasteiger partial charge on any atom is 0.344 e. The maximum absolute atomic E-state index is 12.2. The van der Waals surface area contributed by atoms with Gasteiger partial charge in [-0.1, -0.05) is 24.3 Å². The lowest BCUT2D eigenvalue weighted by atomic mass is 10.1. The van der Waals surface area contributed by atoms with E-state index in [4.69, 9.17) is 17.0 Å². The summed E-state index contributed by atoms with van der Waals surface area (Å²) in [5, 5.41) is 4.70. The molecule has 0 saturated carbocycles. The smallest absolute Gasteiger partial charge is 0.344 e. The Hall–Kier alpha value is -2.84. The third-order valence-corrected chi connectivity index (χ3v) is 4.33. The molecular weight excluding hydrogens is 420 g/mol. The molecule has 2 N–H and O–H groups in total. The van der Waals surface area contributed by atoms with Crippen LogP contribution in [0.25, 0.3) is 6.08 Å². The van der Waals surface area contributed by atoms with E-state index in [0.717, 1.165) is 0 Å². The molecule has 0 aliphatic carbocycles. The van der Waals surface area contributed by atoms with Gasteiger partial charge < -0.3 is 4.74 Å². The highest BCUT2D eigenvalue weighted by atomic mass is 79.9. The molecular formula is C18H11BrN2O4S. The lowest BCUT2D eigenvalue weighted by Crippen LogP contribution is -2.51. The quantitative estimate of drug-likeness (QED) is 0.257. The summed E-state index contributed by atoms with van der Waals surface area (Å²) in [6.45, 7) is 0. The van der Waals surface area contributed by atoms with Crippen molar-refractivity contribution in [3.05, 3.63) is 69.7 Å². The average Bonchev–Trinajstić information content (AvgIpc) is 2.60. The molecule has 1 aliphatic rings. The molecule has 1 aliphatic heterocycles. The molecule has 0 atom stereocenters. The number of benzene rings is 2. The van der Waals surface area contributed by atoms with Crippen molar-refractivity contribution in [2.75, 3.05) is 0 Å². The SMILES string of the molecule is O=C1NC(=S)NC(=O)C1=Cc1ccc(OC(=O)c2ccccc2Br)cc1. The van der Waals surface area contributed by atoms with E-state index >= 15 is 0 Å². The number of hydrogen-bond donors (Lipinski definition) is 2. The van der Waals surface area contributed by atoms with Crippen LogP contribution >= 0.6 is 28.1 Å². The van der Waals surface area contributed by atoms with Crippen molar-refractivity contribution in [1.82, 2.24) is 10.6 Å². The zero-order valence-electron chi connectivity index (χ0n) is 13.1. The number of halogens is 1. The van der Waals surface area contributed by atoms with Gasteiger partial charge >= 0.3 is 5.97 Å². The number of rotatable bonds is 3. The van der Waals surface area contributed by atoms with E-state index in [2.05, 4.69) is 26.6 Å². The van der Waals surface area contributed by atoms with Crippen molar-refractivity contribution in [3.63, 3.8) is 0 Å². The van der Waals surface area contributed by atoms with Gasteiger partial charge in [0.1, 0.15) is 11.3 Å². The molecule has 8 heteroatoms. The Morgan fingerprint density at radius 1 is 1.00 bits per heavy atom. The van der Waals surface area contributed by atoms with E-state index in [-0.39, 0.29) is 10.7 Å². The van der Waals surface area contributed by atoms with Crippen molar-refractivity contribution in [2.24, 2.45) is 0 Å². The Kier molecular flexibility index (Phi) is 5.24. The topological polar surface area (TPSA) is 84.5 Å². The first-order chi connectivity index (χ1) is 12.4. The molecule has 0 spiro atoms. The number of carbonyl (C=O) groups excluding carboxylic acids is 3. The molecule has 3 rings (SSSR count). The highest BCUT2D eigenvalue weighted by Crippen LogP contribution is 2.20. The summed E-state index contributed by atoms with van der Waals surface area (Å²) in [6, 6.07) is 13.3. The summed E-state index contributed by atoms with van der Waals surface area (Å²) in [5.74, 6) is -1.29. The third-order valence-electron chi connectivity index (χ3n) is 3.44. The standard InChI is InChI=1S/C18H11BrN2O4S/c19-14-4-2-1-3-12(14)17(24)25-11-7-5-10(6-8-11)9-13-15(22)20-18(26)21-16(13)23/h1-9H,(H2,20,21,22,23,26). The minimum atomic E-state index is -0.566. The van der Waals surface area contributed by atoms with E-state index in [1.54, 1.807) is 48.5 Å². The van der Waals surface area contributed by atoms with Gasteiger partial charge in [0.25, 0.3) is 11.8 Å². The van der Waals surface area contributed by atoms with Crippen molar-refractivity contribution in [2.45, 2.75) is 0 Å². The van der Waals surface area contributed by atoms with Gasteiger partial charge in [-0.05, 0) is 64.1 Å². The largest absolute Gasteiger partial charge is 0.423 e. The number of hydrogen-bond acceptors (Lipinski definition) is 5. The second kappa shape index (κ2) is 7.59. The minimum absolute atomic E-state index is 0.0218. The molecule has 2 aromatic rings. The Bertz CT molecular complexity index is 932. The van der Waals surface area contributed by atoms with Gasteiger partial charge in [-0.2, -0.15) is 0 Å². The molecule has 0 aromatic heterocycles. The van der Waals surface area contributed by atoms with Crippen LogP contribution in [-0.4, -0.2) is 22.9 Å². The molecule has 0 bridgehead atoms. The van der Waals surface area contributed by atoms with Gasteiger partial charge in [-0.3, -0.25) is 20.2 Å². The van der Waals surface area contributed by atoms with Gasteiger partial charge in [-0.25, -0.2) is 4.79 Å².